The van der Waals surface area contributed by atoms with Crippen molar-refractivity contribution >= 4 is 5.91 Å². The molecule has 4 heteroatoms. The summed E-state index contributed by atoms with van der Waals surface area (Å²) >= 11 is 0. The van der Waals surface area contributed by atoms with Crippen LogP contribution in [0.2, 0.25) is 0 Å². The van der Waals surface area contributed by atoms with Crippen LogP contribution in [0.1, 0.15) is 18.5 Å². The van der Waals surface area contributed by atoms with Crippen LogP contribution in [-0.4, -0.2) is 45.7 Å². The molecule has 1 fully saturated rings. The van der Waals surface area contributed by atoms with Gasteiger partial charge in [0.1, 0.15) is 26.2 Å². The summed E-state index contributed by atoms with van der Waals surface area (Å²) in [5.74, 6) is 0.158. The Labute approximate surface area is 115 Å². The predicted molar refractivity (Wildman–Crippen MR) is 75.2 cm³/mol. The molecule has 2 rings (SSSR count). The maximum atomic E-state index is 12.0. The van der Waals surface area contributed by atoms with Crippen molar-refractivity contribution in [1.82, 2.24) is 5.32 Å². The van der Waals surface area contributed by atoms with E-state index in [1.54, 1.807) is 4.90 Å². The highest BCUT2D eigenvalue weighted by Crippen LogP contribution is 2.10. The molecule has 1 amide bonds. The number of nitrogens with one attached hydrogen (secondary N) is 3. The maximum Gasteiger partial charge on any atom is 0.275 e. The number of rotatable bonds is 4. The molecule has 3 N–H and O–H groups in total. The molecule has 0 aliphatic carbocycles. The minimum absolute atomic E-state index is 0.0891. The predicted octanol–water partition coefficient (Wildman–Crippen LogP) is -1.72. The van der Waals surface area contributed by atoms with Crippen LogP contribution in [0.4, 0.5) is 0 Å². The molecule has 1 saturated heterocycles. The number of carbonyl (C=O) groups excluding carboxylic acids is 1. The topological polar surface area (TPSA) is 38.0 Å². The third-order valence-electron chi connectivity index (χ3n) is 3.90. The standard InChI is InChI=1S/C15H23N3O/c1-13(14-6-4-3-5-7-14)16-15(19)12-18-10-8-17(2)9-11-18/h3-7,13H,8-12H2,1-2H3,(H,16,19)/p+2/t13-/m0/s1. The first-order valence-corrected chi connectivity index (χ1v) is 7.14. The fourth-order valence-electron chi connectivity index (χ4n) is 2.55. The second-order valence-electron chi connectivity index (χ2n) is 5.58. The molecule has 0 saturated carbocycles. The highest BCUT2D eigenvalue weighted by Gasteiger charge is 2.22. The van der Waals surface area contributed by atoms with Crippen molar-refractivity contribution < 1.29 is 14.6 Å². The van der Waals surface area contributed by atoms with Crippen LogP contribution in [0, 0.1) is 0 Å². The van der Waals surface area contributed by atoms with Crippen LogP contribution in [0.15, 0.2) is 30.3 Å². The van der Waals surface area contributed by atoms with Crippen molar-refractivity contribution in [2.75, 3.05) is 39.8 Å². The van der Waals surface area contributed by atoms with Crippen LogP contribution in [0.25, 0.3) is 0 Å². The largest absolute Gasteiger partial charge is 0.345 e. The molecule has 1 aromatic carbocycles. The van der Waals surface area contributed by atoms with Crippen LogP contribution in [0.5, 0.6) is 0 Å². The van der Waals surface area contributed by atoms with E-state index < -0.39 is 0 Å². The lowest BCUT2D eigenvalue weighted by Gasteiger charge is -2.27. The number of likely N-dealkylation sites (N-methyl/N-ethyl adjacent to an activating group) is 1. The van der Waals surface area contributed by atoms with Crippen molar-refractivity contribution in [3.63, 3.8) is 0 Å². The Morgan fingerprint density at radius 3 is 2.47 bits per heavy atom. The first kappa shape index (κ1) is 14.0. The number of benzene rings is 1. The summed E-state index contributed by atoms with van der Waals surface area (Å²) in [7, 11) is 2.22. The van der Waals surface area contributed by atoms with Gasteiger partial charge in [-0.1, -0.05) is 30.3 Å². The highest BCUT2D eigenvalue weighted by atomic mass is 16.2. The van der Waals surface area contributed by atoms with Crippen molar-refractivity contribution in [2.45, 2.75) is 13.0 Å². The summed E-state index contributed by atoms with van der Waals surface area (Å²) < 4.78 is 0. The molecule has 1 aliphatic rings. The van der Waals surface area contributed by atoms with Crippen LogP contribution in [-0.2, 0) is 4.79 Å². The Morgan fingerprint density at radius 1 is 1.21 bits per heavy atom. The van der Waals surface area contributed by atoms with Crippen molar-refractivity contribution in [2.24, 2.45) is 0 Å². The van der Waals surface area contributed by atoms with Gasteiger partial charge >= 0.3 is 0 Å². The van der Waals surface area contributed by atoms with E-state index in [9.17, 15) is 4.79 Å². The van der Waals surface area contributed by atoms with Gasteiger partial charge in [-0.15, -0.1) is 0 Å². The molecular weight excluding hydrogens is 238 g/mol. The fraction of sp³-hybridized carbons (Fsp3) is 0.533. The monoisotopic (exact) mass is 263 g/mol. The molecule has 0 bridgehead atoms. The van der Waals surface area contributed by atoms with Crippen molar-refractivity contribution in [3.8, 4) is 0 Å². The lowest BCUT2D eigenvalue weighted by atomic mass is 10.1. The lowest BCUT2D eigenvalue weighted by Crippen LogP contribution is -3.27. The van der Waals surface area contributed by atoms with E-state index in [4.69, 9.17) is 0 Å². The molecule has 1 aliphatic heterocycles. The number of quaternary nitrogens is 2. The minimum atomic E-state index is 0.0891. The molecule has 1 aromatic rings. The Kier molecular flexibility index (Phi) is 4.93. The maximum absolute atomic E-state index is 12.0. The molecule has 0 aromatic heterocycles. The Bertz CT molecular complexity index is 399. The summed E-state index contributed by atoms with van der Waals surface area (Å²) in [5, 5.41) is 3.09. The van der Waals surface area contributed by atoms with Gasteiger partial charge in [0, 0.05) is 0 Å². The van der Waals surface area contributed by atoms with E-state index in [2.05, 4.69) is 24.5 Å². The van der Waals surface area contributed by atoms with Crippen molar-refractivity contribution in [3.05, 3.63) is 35.9 Å². The lowest BCUT2D eigenvalue weighted by molar-refractivity contribution is -1.000. The Hall–Kier alpha value is -1.39. The van der Waals surface area contributed by atoms with E-state index in [1.165, 1.54) is 4.90 Å². The Morgan fingerprint density at radius 2 is 1.84 bits per heavy atom. The number of carbonyl (C=O) groups is 1. The summed E-state index contributed by atoms with van der Waals surface area (Å²) in [4.78, 5) is 15.0. The number of hydrogen-bond acceptors (Lipinski definition) is 1. The summed E-state index contributed by atoms with van der Waals surface area (Å²) in [5.41, 5.74) is 1.16. The van der Waals surface area contributed by atoms with Gasteiger partial charge < -0.3 is 15.1 Å². The van der Waals surface area contributed by atoms with Crippen LogP contribution in [0.3, 0.4) is 0 Å². The van der Waals surface area contributed by atoms with Gasteiger partial charge in [0.15, 0.2) is 6.54 Å². The number of piperazine rings is 1. The summed E-state index contributed by atoms with van der Waals surface area (Å²) in [6, 6.07) is 10.2. The molecule has 0 radical (unpaired) electrons. The number of hydrogen-bond donors (Lipinski definition) is 3. The van der Waals surface area contributed by atoms with E-state index in [-0.39, 0.29) is 11.9 Å². The van der Waals surface area contributed by atoms with E-state index in [0.29, 0.717) is 6.54 Å². The smallest absolute Gasteiger partial charge is 0.275 e. The summed E-state index contributed by atoms with van der Waals surface area (Å²) in [6.45, 7) is 7.16. The zero-order valence-corrected chi connectivity index (χ0v) is 11.9. The minimum Gasteiger partial charge on any atom is -0.345 e. The normalized spacial score (nSPS) is 24.7. The van der Waals surface area contributed by atoms with Crippen molar-refractivity contribution in [1.29, 1.82) is 0 Å². The molecule has 1 heterocycles. The molecular formula is C15H25N3O+2. The first-order chi connectivity index (χ1) is 9.15. The van der Waals surface area contributed by atoms with Gasteiger partial charge in [0.25, 0.3) is 5.91 Å². The van der Waals surface area contributed by atoms with Gasteiger partial charge in [0.2, 0.25) is 0 Å². The third-order valence-corrected chi connectivity index (χ3v) is 3.90. The highest BCUT2D eigenvalue weighted by molar-refractivity contribution is 5.77. The van der Waals surface area contributed by atoms with Crippen LogP contribution < -0.4 is 15.1 Å². The van der Waals surface area contributed by atoms with E-state index in [1.807, 2.05) is 25.1 Å². The summed E-state index contributed by atoms with van der Waals surface area (Å²) in [6.07, 6.45) is 0. The average molecular weight is 263 g/mol. The van der Waals surface area contributed by atoms with Gasteiger partial charge in [0.05, 0.1) is 13.1 Å². The molecule has 1 atom stereocenters. The second-order valence-corrected chi connectivity index (χ2v) is 5.58. The first-order valence-electron chi connectivity index (χ1n) is 7.14. The second kappa shape index (κ2) is 6.68. The molecule has 0 unspecified atom stereocenters. The van der Waals surface area contributed by atoms with E-state index >= 15 is 0 Å². The van der Waals surface area contributed by atoms with Gasteiger partial charge in [-0.3, -0.25) is 4.79 Å². The van der Waals surface area contributed by atoms with Gasteiger partial charge in [-0.05, 0) is 12.5 Å². The molecule has 4 nitrogen and oxygen atoms in total. The molecule has 0 spiro atoms. The van der Waals surface area contributed by atoms with Crippen LogP contribution >= 0.6 is 0 Å². The fourth-order valence-corrected chi connectivity index (χ4v) is 2.55. The quantitative estimate of drug-likeness (QED) is 0.594. The molecule has 19 heavy (non-hydrogen) atoms. The third kappa shape index (κ3) is 4.33. The van der Waals surface area contributed by atoms with Gasteiger partial charge in [-0.2, -0.15) is 0 Å². The number of amides is 1. The van der Waals surface area contributed by atoms with E-state index in [0.717, 1.165) is 31.7 Å². The molecule has 104 valence electrons. The zero-order valence-electron chi connectivity index (χ0n) is 11.9. The average Bonchev–Trinajstić information content (AvgIpc) is 2.42. The van der Waals surface area contributed by atoms with Gasteiger partial charge in [-0.25, -0.2) is 0 Å². The Balaban J connectivity index is 1.78. The zero-order chi connectivity index (χ0) is 13.7. The SMILES string of the molecule is C[C@H](NC(=O)C[NH+]1CC[NH+](C)CC1)c1ccccc1.